The molecule has 4 fully saturated rings. The van der Waals surface area contributed by atoms with Crippen molar-refractivity contribution in [1.29, 1.82) is 0 Å². The molecule has 0 aliphatic heterocycles. The van der Waals surface area contributed by atoms with Crippen LogP contribution in [0.25, 0.3) is 0 Å². The minimum Gasteiger partial charge on any atom is -0.461 e. The molecule has 4 atom stereocenters. The van der Waals surface area contributed by atoms with Crippen molar-refractivity contribution in [3.05, 3.63) is 34.9 Å². The van der Waals surface area contributed by atoms with Gasteiger partial charge in [0, 0.05) is 9.35 Å². The van der Waals surface area contributed by atoms with Crippen molar-refractivity contribution in [2.45, 2.75) is 55.9 Å². The van der Waals surface area contributed by atoms with Crippen molar-refractivity contribution >= 4 is 33.5 Å². The predicted molar refractivity (Wildman–Crippen MR) is 94.6 cm³/mol. The normalized spacial score (nSPS) is 37.8. The van der Waals surface area contributed by atoms with Gasteiger partial charge in [0.2, 0.25) is 0 Å². The summed E-state index contributed by atoms with van der Waals surface area (Å²) in [5.74, 6) is 1.55. The Morgan fingerprint density at radius 3 is 2.65 bits per heavy atom. The summed E-state index contributed by atoms with van der Waals surface area (Å²) in [6.45, 7) is 0.321. The lowest BCUT2D eigenvalue weighted by Crippen LogP contribution is -2.53. The first-order chi connectivity index (χ1) is 10.9. The van der Waals surface area contributed by atoms with Gasteiger partial charge >= 0.3 is 5.97 Å². The first-order valence-corrected chi connectivity index (χ1v) is 9.70. The minimum atomic E-state index is -0.0528. The van der Waals surface area contributed by atoms with Gasteiger partial charge in [-0.3, -0.25) is 4.79 Å². The van der Waals surface area contributed by atoms with Crippen molar-refractivity contribution in [2.24, 2.45) is 17.3 Å². The van der Waals surface area contributed by atoms with Gasteiger partial charge in [0.15, 0.2) is 0 Å². The quantitative estimate of drug-likeness (QED) is 0.495. The largest absolute Gasteiger partial charge is 0.461 e. The van der Waals surface area contributed by atoms with E-state index >= 15 is 0 Å². The molecule has 4 aliphatic carbocycles. The topological polar surface area (TPSA) is 26.3 Å². The number of carbonyl (C=O) groups excluding carboxylic acids is 1. The van der Waals surface area contributed by atoms with E-state index in [4.69, 9.17) is 16.3 Å². The highest BCUT2D eigenvalue weighted by molar-refractivity contribution is 9.10. The smallest absolute Gasteiger partial charge is 0.306 e. The molecular formula is C19H22BrClO2. The van der Waals surface area contributed by atoms with Gasteiger partial charge in [0.05, 0.1) is 6.42 Å². The molecule has 0 radical (unpaired) electrons. The van der Waals surface area contributed by atoms with E-state index in [1.807, 2.05) is 24.3 Å². The van der Waals surface area contributed by atoms with E-state index in [2.05, 4.69) is 15.9 Å². The predicted octanol–water partition coefficient (Wildman–Crippen LogP) is 5.51. The maximum Gasteiger partial charge on any atom is 0.306 e. The maximum absolute atomic E-state index is 12.4. The molecule has 0 aromatic heterocycles. The van der Waals surface area contributed by atoms with Crippen LogP contribution in [0.5, 0.6) is 0 Å². The van der Waals surface area contributed by atoms with Gasteiger partial charge < -0.3 is 4.74 Å². The highest BCUT2D eigenvalue weighted by atomic mass is 79.9. The molecule has 0 heterocycles. The standard InChI is InChI=1S/C19H22BrClO2/c20-19-8-14-4-15(9-19)7-18(6-14,12-19)10-17(22)23-11-13-2-1-3-16(21)5-13/h1-3,5,14-15H,4,6-12H2/t14-,15+,18?,19?. The monoisotopic (exact) mass is 396 g/mol. The van der Waals surface area contributed by atoms with Crippen LogP contribution in [0.15, 0.2) is 24.3 Å². The van der Waals surface area contributed by atoms with Crippen molar-refractivity contribution in [2.75, 3.05) is 0 Å². The SMILES string of the molecule is O=C(CC12C[C@@H]3C[C@@H](CC(Br)(C3)C1)C2)OCc1cccc(Cl)c1. The number of alkyl halides is 1. The van der Waals surface area contributed by atoms with Crippen LogP contribution in [0.4, 0.5) is 0 Å². The van der Waals surface area contributed by atoms with Crippen LogP contribution < -0.4 is 0 Å². The Hall–Kier alpha value is -0.540. The average Bonchev–Trinajstić information content (AvgIpc) is 2.42. The number of hydrogen-bond donors (Lipinski definition) is 0. The lowest BCUT2D eigenvalue weighted by molar-refractivity contribution is -0.152. The Labute approximate surface area is 151 Å². The van der Waals surface area contributed by atoms with E-state index in [-0.39, 0.29) is 11.4 Å². The zero-order valence-electron chi connectivity index (χ0n) is 13.2. The van der Waals surface area contributed by atoms with Gasteiger partial charge in [-0.1, -0.05) is 39.7 Å². The zero-order chi connectivity index (χ0) is 16.1. The first-order valence-electron chi connectivity index (χ1n) is 8.53. The van der Waals surface area contributed by atoms with Crippen LogP contribution in [0.2, 0.25) is 5.02 Å². The number of ether oxygens (including phenoxy) is 1. The number of carbonyl (C=O) groups is 1. The highest BCUT2D eigenvalue weighted by Gasteiger charge is 2.57. The summed E-state index contributed by atoms with van der Waals surface area (Å²) in [4.78, 5) is 12.4. The summed E-state index contributed by atoms with van der Waals surface area (Å²) < 4.78 is 5.84. The van der Waals surface area contributed by atoms with Crippen molar-refractivity contribution in [3.63, 3.8) is 0 Å². The van der Waals surface area contributed by atoms with Crippen LogP contribution in [-0.4, -0.2) is 10.3 Å². The molecule has 4 aliphatic rings. The summed E-state index contributed by atoms with van der Waals surface area (Å²) in [6.07, 6.45) is 8.09. The number of esters is 1. The average molecular weight is 398 g/mol. The third-order valence-electron chi connectivity index (χ3n) is 5.92. The molecule has 0 spiro atoms. The molecule has 0 saturated heterocycles. The van der Waals surface area contributed by atoms with Crippen molar-refractivity contribution in [1.82, 2.24) is 0 Å². The molecule has 4 saturated carbocycles. The van der Waals surface area contributed by atoms with E-state index in [9.17, 15) is 4.79 Å². The van der Waals surface area contributed by atoms with Crippen molar-refractivity contribution < 1.29 is 9.53 Å². The zero-order valence-corrected chi connectivity index (χ0v) is 15.5. The molecule has 0 amide bonds. The van der Waals surface area contributed by atoms with E-state index in [1.54, 1.807) is 0 Å². The summed E-state index contributed by atoms with van der Waals surface area (Å²) in [5.41, 5.74) is 1.13. The van der Waals surface area contributed by atoms with Gasteiger partial charge in [0.25, 0.3) is 0 Å². The van der Waals surface area contributed by atoms with Gasteiger partial charge in [0.1, 0.15) is 6.61 Å². The van der Waals surface area contributed by atoms with E-state index in [0.29, 0.717) is 22.4 Å². The number of benzene rings is 1. The molecule has 2 unspecified atom stereocenters. The second kappa shape index (κ2) is 5.77. The summed E-state index contributed by atoms with van der Waals surface area (Å²) in [6, 6.07) is 7.52. The molecule has 124 valence electrons. The molecule has 4 bridgehead atoms. The molecule has 23 heavy (non-hydrogen) atoms. The van der Waals surface area contributed by atoms with Crippen LogP contribution in [0, 0.1) is 17.3 Å². The number of rotatable bonds is 4. The molecule has 1 aromatic rings. The van der Waals surface area contributed by atoms with E-state index < -0.39 is 0 Å². The number of hydrogen-bond acceptors (Lipinski definition) is 2. The summed E-state index contributed by atoms with van der Waals surface area (Å²) >= 11 is 9.97. The van der Waals surface area contributed by atoms with Gasteiger partial charge in [-0.15, -0.1) is 0 Å². The Morgan fingerprint density at radius 2 is 2.00 bits per heavy atom. The Kier molecular flexibility index (Phi) is 4.00. The Bertz CT molecular complexity index is 616. The van der Waals surface area contributed by atoms with Gasteiger partial charge in [-0.2, -0.15) is 0 Å². The van der Waals surface area contributed by atoms with Crippen LogP contribution in [0.1, 0.15) is 50.5 Å². The molecule has 0 N–H and O–H groups in total. The lowest BCUT2D eigenvalue weighted by atomic mass is 9.49. The van der Waals surface area contributed by atoms with E-state index in [1.165, 1.54) is 32.1 Å². The van der Waals surface area contributed by atoms with Crippen LogP contribution >= 0.6 is 27.5 Å². The summed E-state index contributed by atoms with van der Waals surface area (Å²) in [7, 11) is 0. The maximum atomic E-state index is 12.4. The van der Waals surface area contributed by atoms with Crippen molar-refractivity contribution in [3.8, 4) is 0 Å². The Morgan fingerprint density at radius 1 is 1.26 bits per heavy atom. The first kappa shape index (κ1) is 16.0. The van der Waals surface area contributed by atoms with Crippen LogP contribution in [-0.2, 0) is 16.1 Å². The second-order valence-corrected chi connectivity index (χ2v) is 10.2. The minimum absolute atomic E-state index is 0.0528. The molecule has 1 aromatic carbocycles. The Balaban J connectivity index is 1.39. The highest BCUT2D eigenvalue weighted by Crippen LogP contribution is 2.65. The third-order valence-corrected chi connectivity index (χ3v) is 7.08. The third kappa shape index (κ3) is 3.32. The lowest BCUT2D eigenvalue weighted by Gasteiger charge is -2.60. The van der Waals surface area contributed by atoms with Crippen LogP contribution in [0.3, 0.4) is 0 Å². The second-order valence-electron chi connectivity index (χ2n) is 8.08. The van der Waals surface area contributed by atoms with E-state index in [0.717, 1.165) is 23.8 Å². The fourth-order valence-corrected chi connectivity index (χ4v) is 7.41. The van der Waals surface area contributed by atoms with Gasteiger partial charge in [-0.05, 0) is 73.5 Å². The fourth-order valence-electron chi connectivity index (χ4n) is 5.69. The molecule has 5 rings (SSSR count). The molecular weight excluding hydrogens is 376 g/mol. The summed E-state index contributed by atoms with van der Waals surface area (Å²) in [5, 5.41) is 0.681. The van der Waals surface area contributed by atoms with Gasteiger partial charge in [-0.25, -0.2) is 0 Å². The fraction of sp³-hybridized carbons (Fsp3) is 0.632. The molecule has 2 nitrogen and oxygen atoms in total. The molecule has 4 heteroatoms. The number of halogens is 2.